The zero-order chi connectivity index (χ0) is 10.6. The van der Waals surface area contributed by atoms with Gasteiger partial charge in [-0.15, -0.1) is 6.42 Å². The van der Waals surface area contributed by atoms with Crippen LogP contribution in [0.5, 0.6) is 0 Å². The van der Waals surface area contributed by atoms with Gasteiger partial charge in [-0.25, -0.2) is 0 Å². The van der Waals surface area contributed by atoms with E-state index < -0.39 is 24.6 Å². The van der Waals surface area contributed by atoms with Gasteiger partial charge in [-0.2, -0.15) is 0 Å². The fourth-order valence-electron chi connectivity index (χ4n) is 1.40. The summed E-state index contributed by atoms with van der Waals surface area (Å²) in [7, 11) is 1.41. The minimum Gasteiger partial charge on any atom is -0.394 e. The van der Waals surface area contributed by atoms with Crippen molar-refractivity contribution in [2.45, 2.75) is 24.6 Å². The lowest BCUT2D eigenvalue weighted by Crippen LogP contribution is -2.37. The van der Waals surface area contributed by atoms with Crippen molar-refractivity contribution >= 4 is 0 Å². The summed E-state index contributed by atoms with van der Waals surface area (Å²) in [5, 5.41) is 18.6. The lowest BCUT2D eigenvalue weighted by Gasteiger charge is -2.17. The molecule has 0 aliphatic carbocycles. The van der Waals surface area contributed by atoms with Gasteiger partial charge >= 0.3 is 0 Å². The van der Waals surface area contributed by atoms with Crippen LogP contribution in [-0.4, -0.2) is 55.1 Å². The van der Waals surface area contributed by atoms with Crippen LogP contribution in [0.15, 0.2) is 0 Å². The van der Waals surface area contributed by atoms with E-state index in [2.05, 4.69) is 5.92 Å². The van der Waals surface area contributed by atoms with Crippen LogP contribution < -0.4 is 0 Å². The molecular formula is C9H14O5. The normalized spacial score (nSPS) is 37.0. The van der Waals surface area contributed by atoms with E-state index in [1.54, 1.807) is 0 Å². The van der Waals surface area contributed by atoms with Crippen LogP contribution in [0.4, 0.5) is 0 Å². The standard InChI is InChI=1S/C9H14O5/c1-3-4-13-8-6(5-10)14-9(12-2)7(8)11/h1,6-11H,4-5H2,2H3/t6-,7-,8-,9-/m1/s1. The molecule has 0 saturated carbocycles. The SMILES string of the molecule is C#CCO[C@H]1[C@@H](O)[C@H](OC)O[C@@H]1CO. The van der Waals surface area contributed by atoms with E-state index in [0.29, 0.717) is 0 Å². The third-order valence-electron chi connectivity index (χ3n) is 2.06. The van der Waals surface area contributed by atoms with E-state index in [-0.39, 0.29) is 13.2 Å². The van der Waals surface area contributed by atoms with Crippen molar-refractivity contribution in [3.05, 3.63) is 0 Å². The molecule has 5 nitrogen and oxygen atoms in total. The van der Waals surface area contributed by atoms with Gasteiger partial charge in [0.05, 0.1) is 6.61 Å². The highest BCUT2D eigenvalue weighted by atomic mass is 16.7. The van der Waals surface area contributed by atoms with Gasteiger partial charge in [-0.3, -0.25) is 0 Å². The number of aliphatic hydroxyl groups excluding tert-OH is 2. The largest absolute Gasteiger partial charge is 0.394 e. The first-order chi connectivity index (χ1) is 6.74. The van der Waals surface area contributed by atoms with Crippen LogP contribution in [0.25, 0.3) is 0 Å². The highest BCUT2D eigenvalue weighted by Crippen LogP contribution is 2.23. The van der Waals surface area contributed by atoms with Crippen LogP contribution >= 0.6 is 0 Å². The first kappa shape index (κ1) is 11.4. The summed E-state index contributed by atoms with van der Waals surface area (Å²) < 4.78 is 15.2. The molecule has 1 rings (SSSR count). The molecular weight excluding hydrogens is 188 g/mol. The molecule has 0 spiro atoms. The van der Waals surface area contributed by atoms with Gasteiger partial charge in [0, 0.05) is 7.11 Å². The predicted octanol–water partition coefficient (Wildman–Crippen LogP) is -1.27. The predicted molar refractivity (Wildman–Crippen MR) is 47.3 cm³/mol. The maximum atomic E-state index is 9.62. The third kappa shape index (κ3) is 2.23. The molecule has 14 heavy (non-hydrogen) atoms. The second-order valence-corrected chi connectivity index (χ2v) is 2.93. The number of methoxy groups -OCH3 is 1. The zero-order valence-corrected chi connectivity index (χ0v) is 7.92. The number of terminal acetylenes is 1. The quantitative estimate of drug-likeness (QED) is 0.556. The molecule has 0 unspecified atom stereocenters. The van der Waals surface area contributed by atoms with Crippen molar-refractivity contribution in [3.8, 4) is 12.3 Å². The van der Waals surface area contributed by atoms with E-state index in [1.807, 2.05) is 0 Å². The molecule has 1 heterocycles. The van der Waals surface area contributed by atoms with Crippen molar-refractivity contribution < 1.29 is 24.4 Å². The van der Waals surface area contributed by atoms with Crippen molar-refractivity contribution in [1.82, 2.24) is 0 Å². The molecule has 0 aromatic heterocycles. The summed E-state index contributed by atoms with van der Waals surface area (Å²) in [5.41, 5.74) is 0. The van der Waals surface area contributed by atoms with Gasteiger partial charge in [0.2, 0.25) is 0 Å². The average molecular weight is 202 g/mol. The molecule has 4 atom stereocenters. The number of rotatable bonds is 4. The summed E-state index contributed by atoms with van der Waals surface area (Å²) in [6.45, 7) is -0.176. The van der Waals surface area contributed by atoms with Crippen LogP contribution in [0, 0.1) is 12.3 Å². The van der Waals surface area contributed by atoms with E-state index in [0.717, 1.165) is 0 Å². The lowest BCUT2D eigenvalue weighted by molar-refractivity contribution is -0.153. The van der Waals surface area contributed by atoms with Crippen molar-refractivity contribution in [2.24, 2.45) is 0 Å². The fraction of sp³-hybridized carbons (Fsp3) is 0.778. The number of hydrogen-bond donors (Lipinski definition) is 2. The van der Waals surface area contributed by atoms with Crippen LogP contribution in [-0.2, 0) is 14.2 Å². The van der Waals surface area contributed by atoms with Crippen molar-refractivity contribution in [2.75, 3.05) is 20.3 Å². The molecule has 1 saturated heterocycles. The van der Waals surface area contributed by atoms with Gasteiger partial charge in [0.25, 0.3) is 0 Å². The monoisotopic (exact) mass is 202 g/mol. The average Bonchev–Trinajstić information content (AvgIpc) is 2.52. The van der Waals surface area contributed by atoms with Gasteiger partial charge in [0.15, 0.2) is 6.29 Å². The molecule has 1 aliphatic rings. The van der Waals surface area contributed by atoms with E-state index in [4.69, 9.17) is 25.7 Å². The lowest BCUT2D eigenvalue weighted by atomic mass is 10.1. The Kier molecular flexibility index (Phi) is 4.32. The zero-order valence-electron chi connectivity index (χ0n) is 7.92. The molecule has 80 valence electrons. The Morgan fingerprint density at radius 2 is 2.29 bits per heavy atom. The number of hydrogen-bond acceptors (Lipinski definition) is 5. The van der Waals surface area contributed by atoms with Gasteiger partial charge < -0.3 is 24.4 Å². The molecule has 0 bridgehead atoms. The Balaban J connectivity index is 2.56. The summed E-state index contributed by atoms with van der Waals surface area (Å²) >= 11 is 0. The topological polar surface area (TPSA) is 68.2 Å². The van der Waals surface area contributed by atoms with Gasteiger partial charge in [-0.05, 0) is 0 Å². The smallest absolute Gasteiger partial charge is 0.186 e. The number of aliphatic hydroxyl groups is 2. The van der Waals surface area contributed by atoms with Crippen LogP contribution in [0.2, 0.25) is 0 Å². The minimum atomic E-state index is -0.925. The van der Waals surface area contributed by atoms with E-state index in [9.17, 15) is 5.11 Å². The Bertz CT molecular complexity index is 210. The minimum absolute atomic E-state index is 0.0675. The molecule has 1 fully saturated rings. The van der Waals surface area contributed by atoms with E-state index >= 15 is 0 Å². The Hall–Kier alpha value is -0.640. The molecule has 2 N–H and O–H groups in total. The highest BCUT2D eigenvalue weighted by molar-refractivity contribution is 4.90. The van der Waals surface area contributed by atoms with Crippen molar-refractivity contribution in [1.29, 1.82) is 0 Å². The fourth-order valence-corrected chi connectivity index (χ4v) is 1.40. The molecule has 0 radical (unpaired) electrons. The van der Waals surface area contributed by atoms with E-state index in [1.165, 1.54) is 7.11 Å². The number of ether oxygens (including phenoxy) is 3. The van der Waals surface area contributed by atoms with Crippen LogP contribution in [0.3, 0.4) is 0 Å². The Morgan fingerprint density at radius 1 is 1.57 bits per heavy atom. The van der Waals surface area contributed by atoms with Gasteiger partial charge in [-0.1, -0.05) is 5.92 Å². The Morgan fingerprint density at radius 3 is 2.79 bits per heavy atom. The first-order valence-electron chi connectivity index (χ1n) is 4.26. The highest BCUT2D eigenvalue weighted by Gasteiger charge is 2.44. The summed E-state index contributed by atoms with van der Waals surface area (Å²) in [6, 6.07) is 0. The third-order valence-corrected chi connectivity index (χ3v) is 2.06. The molecule has 1 aliphatic heterocycles. The summed E-state index contributed by atoms with van der Waals surface area (Å²) in [5.74, 6) is 2.28. The first-order valence-corrected chi connectivity index (χ1v) is 4.26. The maximum Gasteiger partial charge on any atom is 0.186 e. The van der Waals surface area contributed by atoms with Crippen LogP contribution in [0.1, 0.15) is 0 Å². The Labute approximate surface area is 82.6 Å². The second-order valence-electron chi connectivity index (χ2n) is 2.93. The molecule has 0 aromatic rings. The van der Waals surface area contributed by atoms with Crippen molar-refractivity contribution in [3.63, 3.8) is 0 Å². The summed E-state index contributed by atoms with van der Waals surface area (Å²) in [4.78, 5) is 0. The van der Waals surface area contributed by atoms with Gasteiger partial charge in [0.1, 0.15) is 24.9 Å². The molecule has 0 aromatic carbocycles. The molecule has 5 heteroatoms. The molecule has 0 amide bonds. The maximum absolute atomic E-state index is 9.62. The second kappa shape index (κ2) is 5.29. The summed E-state index contributed by atoms with van der Waals surface area (Å²) in [6.07, 6.45) is 2.09.